The highest BCUT2D eigenvalue weighted by atomic mass is 79.9. The minimum atomic E-state index is -0.785. The Balaban J connectivity index is 2.15. The number of halogens is 1. The third-order valence-corrected chi connectivity index (χ3v) is 4.96. The Morgan fingerprint density at radius 3 is 2.30 bits per heavy atom. The van der Waals surface area contributed by atoms with Crippen LogP contribution >= 0.6 is 15.9 Å². The molecular weight excluding hydrogens is 414 g/mol. The van der Waals surface area contributed by atoms with Gasteiger partial charge in [0.1, 0.15) is 11.5 Å². The molecule has 0 bridgehead atoms. The quantitative estimate of drug-likeness (QED) is 0.431. The first-order chi connectivity index (χ1) is 13.0. The monoisotopic (exact) mass is 431 g/mol. The molecule has 1 heterocycles. The molecule has 1 aliphatic heterocycles. The molecule has 6 nitrogen and oxygen atoms in total. The summed E-state index contributed by atoms with van der Waals surface area (Å²) in [5, 5.41) is 20.1. The van der Waals surface area contributed by atoms with Gasteiger partial charge in [-0.15, -0.1) is 0 Å². The van der Waals surface area contributed by atoms with Crippen LogP contribution in [0.4, 0.5) is 0 Å². The second-order valence-corrected chi connectivity index (χ2v) is 6.91. The van der Waals surface area contributed by atoms with Crippen LogP contribution in [-0.4, -0.2) is 47.1 Å². The summed E-state index contributed by atoms with van der Waals surface area (Å²) in [5.74, 6) is -1.14. The molecule has 2 aromatic rings. The fourth-order valence-electron chi connectivity index (χ4n) is 3.11. The normalized spacial score (nSPS) is 18.8. The van der Waals surface area contributed by atoms with E-state index >= 15 is 0 Å². The number of ether oxygens (including phenoxy) is 1. The number of hydrogen-bond acceptors (Lipinski definition) is 5. The number of methoxy groups -OCH3 is 1. The Kier molecular flexibility index (Phi) is 5.62. The van der Waals surface area contributed by atoms with Gasteiger partial charge >= 0.3 is 0 Å². The Labute approximate surface area is 164 Å². The average Bonchev–Trinajstić information content (AvgIpc) is 2.93. The number of hydrogen-bond donors (Lipinski definition) is 2. The summed E-state index contributed by atoms with van der Waals surface area (Å²) in [7, 11) is 1.54. The Bertz CT molecular complexity index is 890. The maximum absolute atomic E-state index is 12.7. The third kappa shape index (κ3) is 3.61. The van der Waals surface area contributed by atoms with Crippen molar-refractivity contribution in [1.29, 1.82) is 0 Å². The van der Waals surface area contributed by atoms with E-state index in [1.807, 2.05) is 0 Å². The summed E-state index contributed by atoms with van der Waals surface area (Å²) in [4.78, 5) is 26.4. The van der Waals surface area contributed by atoms with Gasteiger partial charge in [-0.1, -0.05) is 40.2 Å². The molecule has 1 unspecified atom stereocenters. The van der Waals surface area contributed by atoms with Gasteiger partial charge in [0.25, 0.3) is 11.7 Å². The Hall–Kier alpha value is -2.64. The predicted molar refractivity (Wildman–Crippen MR) is 103 cm³/mol. The summed E-state index contributed by atoms with van der Waals surface area (Å²) in [6, 6.07) is 12.9. The van der Waals surface area contributed by atoms with Crippen molar-refractivity contribution in [2.24, 2.45) is 0 Å². The standard InChI is InChI=1S/C20H18BrNO5/c1-27-15-8-4-12(5-9-15)17-16(19(25)20(26)22(17)10-11-23)18(24)13-2-6-14(21)7-3-13/h2-9,17,23-24H,10-11H2,1H3/b18-16+. The number of amides is 1. The number of carbonyl (C=O) groups is 2. The van der Waals surface area contributed by atoms with Crippen molar-refractivity contribution < 1.29 is 24.5 Å². The van der Waals surface area contributed by atoms with Crippen molar-refractivity contribution in [2.45, 2.75) is 6.04 Å². The maximum Gasteiger partial charge on any atom is 0.295 e. The van der Waals surface area contributed by atoms with Crippen LogP contribution in [0.3, 0.4) is 0 Å². The number of aliphatic hydroxyl groups excluding tert-OH is 2. The van der Waals surface area contributed by atoms with Crippen molar-refractivity contribution >= 4 is 33.4 Å². The van der Waals surface area contributed by atoms with Gasteiger partial charge in [0.15, 0.2) is 0 Å². The molecule has 2 N–H and O–H groups in total. The van der Waals surface area contributed by atoms with Gasteiger partial charge in [-0.25, -0.2) is 0 Å². The Morgan fingerprint density at radius 2 is 1.74 bits per heavy atom. The minimum absolute atomic E-state index is 0.000870. The van der Waals surface area contributed by atoms with Gasteiger partial charge in [0, 0.05) is 16.6 Å². The van der Waals surface area contributed by atoms with E-state index in [2.05, 4.69) is 15.9 Å². The van der Waals surface area contributed by atoms with Gasteiger partial charge < -0.3 is 19.8 Å². The van der Waals surface area contributed by atoms with Crippen LogP contribution in [0.25, 0.3) is 5.76 Å². The van der Waals surface area contributed by atoms with E-state index in [1.165, 1.54) is 4.90 Å². The van der Waals surface area contributed by atoms with E-state index in [-0.39, 0.29) is 24.5 Å². The van der Waals surface area contributed by atoms with Crippen molar-refractivity contribution in [3.05, 3.63) is 69.7 Å². The summed E-state index contributed by atoms with van der Waals surface area (Å²) in [6.07, 6.45) is 0. The first-order valence-corrected chi connectivity index (χ1v) is 9.06. The number of nitrogens with zero attached hydrogens (tertiary/aromatic N) is 1. The molecule has 140 valence electrons. The van der Waals surface area contributed by atoms with Gasteiger partial charge in [-0.05, 0) is 29.8 Å². The maximum atomic E-state index is 12.7. The molecule has 7 heteroatoms. The molecule has 1 amide bonds. The fraction of sp³-hybridized carbons (Fsp3) is 0.200. The molecule has 0 saturated carbocycles. The molecule has 1 atom stereocenters. The molecule has 0 radical (unpaired) electrons. The van der Waals surface area contributed by atoms with Crippen LogP contribution in [-0.2, 0) is 9.59 Å². The SMILES string of the molecule is COc1ccc(C2/C(=C(\O)c3ccc(Br)cc3)C(=O)C(=O)N2CCO)cc1. The summed E-state index contributed by atoms with van der Waals surface area (Å²) >= 11 is 3.33. The number of ketones is 1. The first-order valence-electron chi connectivity index (χ1n) is 8.27. The van der Waals surface area contributed by atoms with Crippen molar-refractivity contribution in [3.63, 3.8) is 0 Å². The zero-order valence-electron chi connectivity index (χ0n) is 14.6. The van der Waals surface area contributed by atoms with E-state index < -0.39 is 17.7 Å². The van der Waals surface area contributed by atoms with Crippen molar-refractivity contribution in [3.8, 4) is 5.75 Å². The zero-order chi connectivity index (χ0) is 19.6. The lowest BCUT2D eigenvalue weighted by molar-refractivity contribution is -0.140. The van der Waals surface area contributed by atoms with Gasteiger partial charge in [-0.2, -0.15) is 0 Å². The average molecular weight is 432 g/mol. The molecule has 1 fully saturated rings. The predicted octanol–water partition coefficient (Wildman–Crippen LogP) is 2.87. The second-order valence-electron chi connectivity index (χ2n) is 6.00. The van der Waals surface area contributed by atoms with E-state index in [9.17, 15) is 19.8 Å². The lowest BCUT2D eigenvalue weighted by atomic mass is 9.95. The highest BCUT2D eigenvalue weighted by Crippen LogP contribution is 2.39. The molecule has 27 heavy (non-hydrogen) atoms. The largest absolute Gasteiger partial charge is 0.507 e. The zero-order valence-corrected chi connectivity index (χ0v) is 16.1. The number of Topliss-reactive ketones (excluding diaryl/α,β-unsaturated/α-hetero) is 1. The molecule has 2 aromatic carbocycles. The van der Waals surface area contributed by atoms with E-state index in [4.69, 9.17) is 4.74 Å². The van der Waals surface area contributed by atoms with Crippen LogP contribution in [0.15, 0.2) is 58.6 Å². The molecule has 0 aliphatic carbocycles. The smallest absolute Gasteiger partial charge is 0.295 e. The summed E-state index contributed by atoms with van der Waals surface area (Å²) in [5.41, 5.74) is 1.07. The lowest BCUT2D eigenvalue weighted by Gasteiger charge is -2.24. The molecule has 1 aliphatic rings. The van der Waals surface area contributed by atoms with E-state index in [0.717, 1.165) is 4.47 Å². The van der Waals surface area contributed by atoms with Gasteiger partial charge in [0.2, 0.25) is 0 Å². The Morgan fingerprint density at radius 1 is 1.11 bits per heavy atom. The van der Waals surface area contributed by atoms with Gasteiger partial charge in [0.05, 0.1) is 25.3 Å². The molecule has 1 saturated heterocycles. The van der Waals surface area contributed by atoms with Crippen LogP contribution in [0.2, 0.25) is 0 Å². The molecule has 0 spiro atoms. The number of benzene rings is 2. The highest BCUT2D eigenvalue weighted by molar-refractivity contribution is 9.10. The number of likely N-dealkylation sites (tertiary alicyclic amines) is 1. The highest BCUT2D eigenvalue weighted by Gasteiger charge is 2.45. The van der Waals surface area contributed by atoms with Crippen molar-refractivity contribution in [1.82, 2.24) is 4.90 Å². The number of rotatable bonds is 5. The second kappa shape index (κ2) is 7.94. The number of carbonyl (C=O) groups excluding carboxylic acids is 2. The van der Waals surface area contributed by atoms with Gasteiger partial charge in [-0.3, -0.25) is 9.59 Å². The fourth-order valence-corrected chi connectivity index (χ4v) is 3.38. The van der Waals surface area contributed by atoms with Crippen LogP contribution in [0, 0.1) is 0 Å². The first kappa shape index (κ1) is 19.1. The van der Waals surface area contributed by atoms with Crippen LogP contribution < -0.4 is 4.74 Å². The van der Waals surface area contributed by atoms with Crippen molar-refractivity contribution in [2.75, 3.05) is 20.3 Å². The number of β-amino-alcohol motifs (C(OH)–C–C–N with tert-alkyl or cyclic N) is 1. The topological polar surface area (TPSA) is 87.1 Å². The van der Waals surface area contributed by atoms with Crippen LogP contribution in [0.5, 0.6) is 5.75 Å². The molecule has 3 rings (SSSR count). The molecule has 0 aromatic heterocycles. The summed E-state index contributed by atoms with van der Waals surface area (Å²) < 4.78 is 5.98. The minimum Gasteiger partial charge on any atom is -0.507 e. The summed E-state index contributed by atoms with van der Waals surface area (Å²) in [6.45, 7) is -0.309. The van der Waals surface area contributed by atoms with Crippen LogP contribution in [0.1, 0.15) is 17.2 Å². The lowest BCUT2D eigenvalue weighted by Crippen LogP contribution is -2.32. The molecular formula is C20H18BrNO5. The van der Waals surface area contributed by atoms with E-state index in [1.54, 1.807) is 55.6 Å². The third-order valence-electron chi connectivity index (χ3n) is 4.43. The van der Waals surface area contributed by atoms with E-state index in [0.29, 0.717) is 16.9 Å². The number of aliphatic hydroxyl groups is 2.